The van der Waals surface area contributed by atoms with Crippen molar-refractivity contribution < 1.29 is 9.53 Å². The zero-order valence-electron chi connectivity index (χ0n) is 11.4. The summed E-state index contributed by atoms with van der Waals surface area (Å²) >= 11 is 0. The molecule has 1 aromatic carbocycles. The van der Waals surface area contributed by atoms with Crippen LogP contribution in [0.15, 0.2) is 18.2 Å². The minimum absolute atomic E-state index is 0.0781. The van der Waals surface area contributed by atoms with E-state index in [0.717, 1.165) is 24.9 Å². The highest BCUT2D eigenvalue weighted by Gasteiger charge is 2.45. The zero-order chi connectivity index (χ0) is 13.2. The maximum absolute atomic E-state index is 11.8. The summed E-state index contributed by atoms with van der Waals surface area (Å²) in [5, 5.41) is 3.38. The van der Waals surface area contributed by atoms with Crippen LogP contribution in [0.2, 0.25) is 0 Å². The maximum atomic E-state index is 11.8. The molecule has 1 saturated carbocycles. The first-order valence-electron chi connectivity index (χ1n) is 6.46. The van der Waals surface area contributed by atoms with Gasteiger partial charge < -0.3 is 10.1 Å². The number of benzene rings is 1. The normalized spacial score (nSPS) is 16.8. The van der Waals surface area contributed by atoms with Crippen molar-refractivity contribution in [1.82, 2.24) is 0 Å². The Hall–Kier alpha value is -1.51. The molecule has 1 fully saturated rings. The molecule has 1 aliphatic carbocycles. The van der Waals surface area contributed by atoms with Crippen LogP contribution in [0.4, 0.5) is 5.69 Å². The minimum atomic E-state index is -0.299. The van der Waals surface area contributed by atoms with Gasteiger partial charge in [-0.2, -0.15) is 0 Å². The van der Waals surface area contributed by atoms with Crippen LogP contribution < -0.4 is 5.32 Å². The lowest BCUT2D eigenvalue weighted by atomic mass is 9.68. The second kappa shape index (κ2) is 5.01. The van der Waals surface area contributed by atoms with Crippen LogP contribution in [0, 0.1) is 19.3 Å². The van der Waals surface area contributed by atoms with Crippen LogP contribution in [0.3, 0.4) is 0 Å². The van der Waals surface area contributed by atoms with E-state index in [-0.39, 0.29) is 11.4 Å². The number of methoxy groups -OCH3 is 1. The van der Waals surface area contributed by atoms with Crippen LogP contribution in [-0.2, 0) is 9.53 Å². The molecular formula is C15H21NO2. The first-order valence-corrected chi connectivity index (χ1v) is 6.46. The van der Waals surface area contributed by atoms with Gasteiger partial charge in [-0.3, -0.25) is 4.79 Å². The highest BCUT2D eigenvalue weighted by molar-refractivity contribution is 5.78. The molecule has 0 radical (unpaired) electrons. The Morgan fingerprint density at radius 2 is 1.89 bits per heavy atom. The van der Waals surface area contributed by atoms with Crippen molar-refractivity contribution in [1.29, 1.82) is 0 Å². The van der Waals surface area contributed by atoms with E-state index in [0.29, 0.717) is 6.54 Å². The molecule has 1 aromatic rings. The average Bonchev–Trinajstić information content (AvgIpc) is 2.25. The van der Waals surface area contributed by atoms with Crippen LogP contribution >= 0.6 is 0 Å². The predicted molar refractivity (Wildman–Crippen MR) is 72.7 cm³/mol. The highest BCUT2D eigenvalue weighted by Crippen LogP contribution is 2.42. The molecule has 0 bridgehead atoms. The summed E-state index contributed by atoms with van der Waals surface area (Å²) in [6, 6.07) is 6.36. The van der Waals surface area contributed by atoms with Gasteiger partial charge in [-0.25, -0.2) is 0 Å². The molecule has 0 heterocycles. The number of carbonyl (C=O) groups excluding carboxylic acids is 1. The second-order valence-electron chi connectivity index (χ2n) is 5.36. The largest absolute Gasteiger partial charge is 0.469 e. The molecule has 2 rings (SSSR count). The number of hydrogen-bond acceptors (Lipinski definition) is 3. The average molecular weight is 247 g/mol. The summed E-state index contributed by atoms with van der Waals surface area (Å²) in [5.41, 5.74) is 3.26. The zero-order valence-corrected chi connectivity index (χ0v) is 11.4. The molecule has 0 aromatic heterocycles. The van der Waals surface area contributed by atoms with E-state index in [4.69, 9.17) is 4.74 Å². The third kappa shape index (κ3) is 2.50. The van der Waals surface area contributed by atoms with Gasteiger partial charge in [0.25, 0.3) is 0 Å². The van der Waals surface area contributed by atoms with Crippen LogP contribution in [0.25, 0.3) is 0 Å². The number of hydrogen-bond donors (Lipinski definition) is 1. The number of ether oxygens (including phenoxy) is 1. The monoisotopic (exact) mass is 247 g/mol. The first-order chi connectivity index (χ1) is 8.55. The molecule has 0 spiro atoms. The lowest BCUT2D eigenvalue weighted by Crippen LogP contribution is -2.44. The fourth-order valence-corrected chi connectivity index (χ4v) is 2.62. The number of nitrogens with one attached hydrogen (secondary N) is 1. The van der Waals surface area contributed by atoms with Gasteiger partial charge in [0.1, 0.15) is 0 Å². The number of carbonyl (C=O) groups is 1. The standard InChI is InChI=1S/C15H21NO2/c1-11-7-12(2)9-13(8-11)16-10-15(5-4-6-15)14(17)18-3/h7-9,16H,4-6,10H2,1-3H3. The number of anilines is 1. The molecule has 3 heteroatoms. The molecule has 0 saturated heterocycles. The Morgan fingerprint density at radius 3 is 2.33 bits per heavy atom. The molecule has 3 nitrogen and oxygen atoms in total. The molecule has 18 heavy (non-hydrogen) atoms. The van der Waals surface area contributed by atoms with Crippen molar-refractivity contribution in [3.63, 3.8) is 0 Å². The van der Waals surface area contributed by atoms with E-state index >= 15 is 0 Å². The molecule has 98 valence electrons. The topological polar surface area (TPSA) is 38.3 Å². The van der Waals surface area contributed by atoms with E-state index in [1.54, 1.807) is 0 Å². The summed E-state index contributed by atoms with van der Waals surface area (Å²) in [7, 11) is 1.47. The van der Waals surface area contributed by atoms with Crippen molar-refractivity contribution in [2.75, 3.05) is 19.0 Å². The summed E-state index contributed by atoms with van der Waals surface area (Å²) in [4.78, 5) is 11.8. The van der Waals surface area contributed by atoms with E-state index in [1.165, 1.54) is 18.2 Å². The van der Waals surface area contributed by atoms with Gasteiger partial charge in [0.05, 0.1) is 12.5 Å². The Bertz CT molecular complexity index is 430. The van der Waals surface area contributed by atoms with E-state index in [9.17, 15) is 4.79 Å². The maximum Gasteiger partial charge on any atom is 0.313 e. The van der Waals surface area contributed by atoms with Gasteiger partial charge in [0.2, 0.25) is 0 Å². The fourth-order valence-electron chi connectivity index (χ4n) is 2.62. The first kappa shape index (κ1) is 12.9. The fraction of sp³-hybridized carbons (Fsp3) is 0.533. The summed E-state index contributed by atoms with van der Waals surface area (Å²) < 4.78 is 4.91. The number of esters is 1. The Labute approximate surface area is 109 Å². The van der Waals surface area contributed by atoms with Crippen molar-refractivity contribution in [3.05, 3.63) is 29.3 Å². The van der Waals surface area contributed by atoms with E-state index in [2.05, 4.69) is 37.4 Å². The Balaban J connectivity index is 2.04. The van der Waals surface area contributed by atoms with Crippen molar-refractivity contribution in [2.45, 2.75) is 33.1 Å². The lowest BCUT2D eigenvalue weighted by molar-refractivity contribution is -0.157. The molecule has 0 amide bonds. The molecule has 1 aliphatic rings. The third-order valence-corrected chi connectivity index (χ3v) is 3.78. The quantitative estimate of drug-likeness (QED) is 0.831. The second-order valence-corrected chi connectivity index (χ2v) is 5.36. The van der Waals surface area contributed by atoms with Crippen molar-refractivity contribution in [2.24, 2.45) is 5.41 Å². The molecule has 1 N–H and O–H groups in total. The van der Waals surface area contributed by atoms with Crippen molar-refractivity contribution in [3.8, 4) is 0 Å². The SMILES string of the molecule is COC(=O)C1(CNc2cc(C)cc(C)c2)CCC1. The van der Waals surface area contributed by atoms with Crippen molar-refractivity contribution >= 4 is 11.7 Å². The van der Waals surface area contributed by atoms with Gasteiger partial charge in [-0.05, 0) is 49.9 Å². The number of rotatable bonds is 4. The highest BCUT2D eigenvalue weighted by atomic mass is 16.5. The predicted octanol–water partition coefficient (Wildman–Crippen LogP) is 3.06. The van der Waals surface area contributed by atoms with Gasteiger partial charge in [-0.15, -0.1) is 0 Å². The lowest BCUT2D eigenvalue weighted by Gasteiger charge is -2.39. The van der Waals surface area contributed by atoms with Gasteiger partial charge in [0.15, 0.2) is 0 Å². The minimum Gasteiger partial charge on any atom is -0.469 e. The van der Waals surface area contributed by atoms with Gasteiger partial charge in [-0.1, -0.05) is 12.5 Å². The van der Waals surface area contributed by atoms with Crippen LogP contribution in [0.1, 0.15) is 30.4 Å². The van der Waals surface area contributed by atoms with Gasteiger partial charge in [0, 0.05) is 12.2 Å². The summed E-state index contributed by atoms with van der Waals surface area (Å²) in [5.74, 6) is -0.0781. The van der Waals surface area contributed by atoms with E-state index in [1.807, 2.05) is 0 Å². The third-order valence-electron chi connectivity index (χ3n) is 3.78. The molecular weight excluding hydrogens is 226 g/mol. The summed E-state index contributed by atoms with van der Waals surface area (Å²) in [6.07, 6.45) is 2.97. The Kier molecular flexibility index (Phi) is 3.60. The van der Waals surface area contributed by atoms with Gasteiger partial charge >= 0.3 is 5.97 Å². The summed E-state index contributed by atoms with van der Waals surface area (Å²) in [6.45, 7) is 4.83. The van der Waals surface area contributed by atoms with E-state index < -0.39 is 0 Å². The van der Waals surface area contributed by atoms with Crippen LogP contribution in [0.5, 0.6) is 0 Å². The molecule has 0 atom stereocenters. The Morgan fingerprint density at radius 1 is 1.28 bits per heavy atom. The van der Waals surface area contributed by atoms with Crippen LogP contribution in [-0.4, -0.2) is 19.6 Å². The number of aryl methyl sites for hydroxylation is 2. The smallest absolute Gasteiger partial charge is 0.313 e. The molecule has 0 unspecified atom stereocenters. The molecule has 0 aliphatic heterocycles.